The normalized spacial score (nSPS) is 12.4. The molecule has 0 spiro atoms. The Morgan fingerprint density at radius 2 is 1.84 bits per heavy atom. The summed E-state index contributed by atoms with van der Waals surface area (Å²) in [5, 5.41) is 20.6. The summed E-state index contributed by atoms with van der Waals surface area (Å²) in [5.74, 6) is 4.33. The Balaban J connectivity index is 3.14. The van der Waals surface area contributed by atoms with Crippen LogP contribution in [0.25, 0.3) is 0 Å². The molecular weight excluding hydrogens is 267 g/mol. The summed E-state index contributed by atoms with van der Waals surface area (Å²) < 4.78 is 37.8. The highest BCUT2D eigenvalue weighted by atomic mass is 19.4. The van der Waals surface area contributed by atoms with Gasteiger partial charge in [0.2, 0.25) is 5.95 Å². The highest BCUT2D eigenvalue weighted by Gasteiger charge is 2.34. The van der Waals surface area contributed by atoms with Gasteiger partial charge in [0.1, 0.15) is 5.82 Å². The maximum atomic E-state index is 12.6. The Kier molecular flexibility index (Phi) is 4.50. The quantitative estimate of drug-likeness (QED) is 0.379. The van der Waals surface area contributed by atoms with Gasteiger partial charge >= 0.3 is 6.18 Å². The van der Waals surface area contributed by atoms with Crippen LogP contribution >= 0.6 is 0 Å². The van der Waals surface area contributed by atoms with Crippen molar-refractivity contribution < 1.29 is 23.4 Å². The van der Waals surface area contributed by atoms with Crippen molar-refractivity contribution in [3.05, 3.63) is 11.8 Å². The molecule has 108 valence electrons. The summed E-state index contributed by atoms with van der Waals surface area (Å²) in [5.41, 5.74) is -0.503. The second kappa shape index (κ2) is 5.55. The maximum Gasteiger partial charge on any atom is 0.433 e. The first-order valence-corrected chi connectivity index (χ1v) is 5.17. The van der Waals surface area contributed by atoms with Gasteiger partial charge in [-0.3, -0.25) is 5.43 Å². The van der Waals surface area contributed by atoms with Crippen LogP contribution in [0.15, 0.2) is 6.07 Å². The van der Waals surface area contributed by atoms with Gasteiger partial charge in [-0.25, -0.2) is 10.8 Å². The van der Waals surface area contributed by atoms with E-state index in [9.17, 15) is 13.2 Å². The minimum absolute atomic E-state index is 0.221. The molecule has 1 heterocycles. The lowest BCUT2D eigenvalue weighted by Crippen LogP contribution is -2.43. The molecular formula is C9H14F3N5O2. The van der Waals surface area contributed by atoms with Crippen molar-refractivity contribution in [2.24, 2.45) is 5.84 Å². The summed E-state index contributed by atoms with van der Waals surface area (Å²) >= 11 is 0. The van der Waals surface area contributed by atoms with E-state index >= 15 is 0 Å². The number of nitrogens with zero attached hydrogens (tertiary/aromatic N) is 2. The number of nitrogen functional groups attached to an aromatic ring is 1. The van der Waals surface area contributed by atoms with Crippen molar-refractivity contribution in [3.63, 3.8) is 0 Å². The third kappa shape index (κ3) is 3.91. The number of anilines is 2. The van der Waals surface area contributed by atoms with Crippen LogP contribution in [0, 0.1) is 0 Å². The molecule has 19 heavy (non-hydrogen) atoms. The lowest BCUT2D eigenvalue weighted by Gasteiger charge is -2.27. The van der Waals surface area contributed by atoms with Gasteiger partial charge in [0.05, 0.1) is 18.8 Å². The summed E-state index contributed by atoms with van der Waals surface area (Å²) in [6, 6.07) is 0.657. The van der Waals surface area contributed by atoms with E-state index in [-0.39, 0.29) is 5.82 Å². The third-order valence-electron chi connectivity index (χ3n) is 2.27. The summed E-state index contributed by atoms with van der Waals surface area (Å²) in [4.78, 5) is 6.83. The van der Waals surface area contributed by atoms with E-state index in [1.54, 1.807) is 0 Å². The molecule has 0 saturated heterocycles. The third-order valence-corrected chi connectivity index (χ3v) is 2.27. The van der Waals surface area contributed by atoms with Crippen molar-refractivity contribution in [2.45, 2.75) is 18.6 Å². The van der Waals surface area contributed by atoms with Crippen molar-refractivity contribution in [3.8, 4) is 0 Å². The van der Waals surface area contributed by atoms with E-state index in [4.69, 9.17) is 16.1 Å². The molecule has 0 radical (unpaired) electrons. The van der Waals surface area contributed by atoms with Crippen LogP contribution < -0.4 is 16.6 Å². The minimum Gasteiger partial charge on any atom is -0.394 e. The molecule has 0 atom stereocenters. The number of hydrogen-bond acceptors (Lipinski definition) is 7. The average molecular weight is 281 g/mol. The van der Waals surface area contributed by atoms with E-state index in [0.717, 1.165) is 0 Å². The predicted molar refractivity (Wildman–Crippen MR) is 61.0 cm³/mol. The Morgan fingerprint density at radius 1 is 1.26 bits per heavy atom. The topological polar surface area (TPSA) is 116 Å². The van der Waals surface area contributed by atoms with E-state index < -0.39 is 36.6 Å². The molecule has 1 rings (SSSR count). The highest BCUT2D eigenvalue weighted by molar-refractivity contribution is 5.44. The number of halogens is 3. The Morgan fingerprint density at radius 3 is 2.26 bits per heavy atom. The fourth-order valence-corrected chi connectivity index (χ4v) is 1.16. The van der Waals surface area contributed by atoms with Gasteiger partial charge in [-0.05, 0) is 6.92 Å². The molecule has 0 aliphatic carbocycles. The molecule has 0 aliphatic heterocycles. The molecule has 1 aromatic rings. The summed E-state index contributed by atoms with van der Waals surface area (Å²) in [7, 11) is 0. The zero-order valence-corrected chi connectivity index (χ0v) is 9.99. The first-order chi connectivity index (χ1) is 8.74. The van der Waals surface area contributed by atoms with E-state index in [1.807, 2.05) is 5.43 Å². The standard InChI is InChI=1S/C9H14F3N5O2/c1-8(3-18,4-19)16-6-2-5(9(10,11)12)14-7(15-6)17-13/h2,18-19H,3-4,13H2,1H3,(H2,14,15,16,17). The minimum atomic E-state index is -4.67. The molecule has 10 heteroatoms. The van der Waals surface area contributed by atoms with Crippen LogP contribution in [0.3, 0.4) is 0 Å². The summed E-state index contributed by atoms with van der Waals surface area (Å²) in [6.45, 7) is 0.415. The van der Waals surface area contributed by atoms with Gasteiger partial charge in [0, 0.05) is 6.07 Å². The van der Waals surface area contributed by atoms with Crippen molar-refractivity contribution in [1.82, 2.24) is 9.97 Å². The van der Waals surface area contributed by atoms with Crippen molar-refractivity contribution >= 4 is 11.8 Å². The lowest BCUT2D eigenvalue weighted by atomic mass is 10.1. The number of hydrogen-bond donors (Lipinski definition) is 5. The van der Waals surface area contributed by atoms with Gasteiger partial charge in [0.15, 0.2) is 5.69 Å². The maximum absolute atomic E-state index is 12.6. The van der Waals surface area contributed by atoms with Gasteiger partial charge in [0.25, 0.3) is 0 Å². The van der Waals surface area contributed by atoms with Crippen LogP contribution in [0.2, 0.25) is 0 Å². The molecule has 0 aromatic carbocycles. The van der Waals surface area contributed by atoms with Crippen molar-refractivity contribution in [2.75, 3.05) is 24.0 Å². The largest absolute Gasteiger partial charge is 0.433 e. The predicted octanol–water partition coefficient (Wildman–Crippen LogP) is -0.0638. The van der Waals surface area contributed by atoms with Gasteiger partial charge in [-0.15, -0.1) is 0 Å². The van der Waals surface area contributed by atoms with Gasteiger partial charge in [-0.2, -0.15) is 18.2 Å². The Labute approximate surface area is 106 Å². The molecule has 0 amide bonds. The highest BCUT2D eigenvalue weighted by Crippen LogP contribution is 2.30. The molecule has 0 saturated carbocycles. The molecule has 0 unspecified atom stereocenters. The molecule has 6 N–H and O–H groups in total. The van der Waals surface area contributed by atoms with Crippen LogP contribution in [-0.2, 0) is 6.18 Å². The second-order valence-corrected chi connectivity index (χ2v) is 4.11. The Bertz CT molecular complexity index is 436. The number of aliphatic hydroxyl groups excluding tert-OH is 2. The fraction of sp³-hybridized carbons (Fsp3) is 0.556. The second-order valence-electron chi connectivity index (χ2n) is 4.11. The lowest BCUT2D eigenvalue weighted by molar-refractivity contribution is -0.141. The number of rotatable bonds is 5. The zero-order valence-electron chi connectivity index (χ0n) is 9.99. The number of aliphatic hydroxyl groups is 2. The molecule has 7 nitrogen and oxygen atoms in total. The van der Waals surface area contributed by atoms with E-state index in [1.165, 1.54) is 6.92 Å². The first-order valence-electron chi connectivity index (χ1n) is 5.17. The number of nitrogens with one attached hydrogen (secondary N) is 2. The molecule has 0 fully saturated rings. The average Bonchev–Trinajstić information content (AvgIpc) is 2.37. The van der Waals surface area contributed by atoms with Crippen LogP contribution in [0.4, 0.5) is 24.9 Å². The van der Waals surface area contributed by atoms with Gasteiger partial charge < -0.3 is 15.5 Å². The van der Waals surface area contributed by atoms with Crippen LogP contribution in [0.1, 0.15) is 12.6 Å². The number of alkyl halides is 3. The van der Waals surface area contributed by atoms with E-state index in [2.05, 4.69) is 15.3 Å². The van der Waals surface area contributed by atoms with Gasteiger partial charge in [-0.1, -0.05) is 0 Å². The SMILES string of the molecule is CC(CO)(CO)Nc1cc(C(F)(F)F)nc(NN)n1. The van der Waals surface area contributed by atoms with E-state index in [0.29, 0.717) is 6.07 Å². The fourth-order valence-electron chi connectivity index (χ4n) is 1.16. The number of hydrazine groups is 1. The zero-order chi connectivity index (χ0) is 14.7. The number of nitrogens with two attached hydrogens (primary N) is 1. The first kappa shape index (κ1) is 15.4. The Hall–Kier alpha value is -1.65. The molecule has 1 aromatic heterocycles. The van der Waals surface area contributed by atoms with Crippen molar-refractivity contribution in [1.29, 1.82) is 0 Å². The smallest absolute Gasteiger partial charge is 0.394 e. The molecule has 0 bridgehead atoms. The molecule has 0 aliphatic rings. The van der Waals surface area contributed by atoms with Crippen LogP contribution in [0.5, 0.6) is 0 Å². The monoisotopic (exact) mass is 281 g/mol. The number of aromatic nitrogens is 2. The van der Waals surface area contributed by atoms with Crippen LogP contribution in [-0.4, -0.2) is 38.9 Å². The summed E-state index contributed by atoms with van der Waals surface area (Å²) in [6.07, 6.45) is -4.67.